The fourth-order valence-corrected chi connectivity index (χ4v) is 2.99. The lowest BCUT2D eigenvalue weighted by molar-refractivity contribution is -0.134. The van der Waals surface area contributed by atoms with Gasteiger partial charge in [0, 0.05) is 40.2 Å². The van der Waals surface area contributed by atoms with Crippen molar-refractivity contribution in [3.8, 4) is 0 Å². The predicted octanol–water partition coefficient (Wildman–Crippen LogP) is -0.771. The molecule has 1 aliphatic heterocycles. The highest BCUT2D eigenvalue weighted by Gasteiger charge is 2.41. The smallest absolute Gasteiger partial charge is 0.226 e. The Balaban J connectivity index is 2.84. The number of carbonyl (C=O) groups is 1. The first-order valence-electron chi connectivity index (χ1n) is 5.42. The lowest BCUT2D eigenvalue weighted by Gasteiger charge is -2.20. The molecular formula is C10H20N2O4S. The Hall–Kier alpha value is -0.660. The highest BCUT2D eigenvalue weighted by Crippen LogP contribution is 2.26. The summed E-state index contributed by atoms with van der Waals surface area (Å²) in [5.74, 6) is -0.414. The monoisotopic (exact) mass is 264 g/mol. The van der Waals surface area contributed by atoms with Crippen molar-refractivity contribution in [3.63, 3.8) is 0 Å². The highest BCUT2D eigenvalue weighted by atomic mass is 32.2. The van der Waals surface area contributed by atoms with Crippen LogP contribution in [-0.2, 0) is 19.6 Å². The maximum absolute atomic E-state index is 12.0. The molecule has 1 rings (SSSR count). The van der Waals surface area contributed by atoms with E-state index in [4.69, 9.17) is 4.74 Å². The van der Waals surface area contributed by atoms with Crippen molar-refractivity contribution in [2.75, 3.05) is 47.2 Å². The van der Waals surface area contributed by atoms with E-state index >= 15 is 0 Å². The summed E-state index contributed by atoms with van der Waals surface area (Å²) in [6.45, 7) is 1.01. The van der Waals surface area contributed by atoms with Gasteiger partial charge in [-0.1, -0.05) is 0 Å². The molecule has 1 saturated heterocycles. The Labute approximate surface area is 103 Å². The Morgan fingerprint density at radius 3 is 2.41 bits per heavy atom. The summed E-state index contributed by atoms with van der Waals surface area (Å²) >= 11 is 0. The molecule has 0 spiro atoms. The summed E-state index contributed by atoms with van der Waals surface area (Å²) in [4.78, 5) is 13.5. The van der Waals surface area contributed by atoms with Crippen molar-refractivity contribution < 1.29 is 17.9 Å². The van der Waals surface area contributed by atoms with E-state index in [-0.39, 0.29) is 24.3 Å². The standard InChI is InChI=1S/C10H20N2O4S/c1-11(2)10(13)9-6-12(17(4,14)15)5-8(9)7-16-3/h8-9H,5-7H2,1-4H3/t8-,9+/m0/s1. The van der Waals surface area contributed by atoms with Crippen molar-refractivity contribution in [1.29, 1.82) is 0 Å². The van der Waals surface area contributed by atoms with Crippen LogP contribution in [-0.4, -0.2) is 70.7 Å². The molecule has 1 amide bonds. The van der Waals surface area contributed by atoms with Gasteiger partial charge in [0.05, 0.1) is 18.8 Å². The molecule has 1 heterocycles. The molecule has 17 heavy (non-hydrogen) atoms. The van der Waals surface area contributed by atoms with E-state index in [9.17, 15) is 13.2 Å². The molecule has 0 aromatic carbocycles. The number of sulfonamides is 1. The fourth-order valence-electron chi connectivity index (χ4n) is 2.10. The highest BCUT2D eigenvalue weighted by molar-refractivity contribution is 7.88. The minimum absolute atomic E-state index is 0.0433. The van der Waals surface area contributed by atoms with Gasteiger partial charge >= 0.3 is 0 Å². The number of rotatable bonds is 4. The average molecular weight is 264 g/mol. The van der Waals surface area contributed by atoms with Crippen molar-refractivity contribution in [2.24, 2.45) is 11.8 Å². The Kier molecular flexibility index (Phi) is 4.51. The van der Waals surface area contributed by atoms with Gasteiger partial charge in [-0.3, -0.25) is 4.79 Å². The van der Waals surface area contributed by atoms with Gasteiger partial charge in [-0.15, -0.1) is 0 Å². The zero-order chi connectivity index (χ0) is 13.2. The van der Waals surface area contributed by atoms with Gasteiger partial charge in [-0.25, -0.2) is 12.7 Å². The Bertz CT molecular complexity index is 380. The van der Waals surface area contributed by atoms with Crippen LogP contribution in [0.1, 0.15) is 0 Å². The minimum Gasteiger partial charge on any atom is -0.384 e. The predicted molar refractivity (Wildman–Crippen MR) is 64.0 cm³/mol. The van der Waals surface area contributed by atoms with E-state index in [1.54, 1.807) is 21.2 Å². The van der Waals surface area contributed by atoms with Crippen molar-refractivity contribution in [3.05, 3.63) is 0 Å². The van der Waals surface area contributed by atoms with Crippen LogP contribution in [0, 0.1) is 11.8 Å². The largest absolute Gasteiger partial charge is 0.384 e. The zero-order valence-electron chi connectivity index (χ0n) is 10.7. The number of hydrogen-bond donors (Lipinski definition) is 0. The van der Waals surface area contributed by atoms with E-state index in [1.807, 2.05) is 0 Å². The van der Waals surface area contributed by atoms with Gasteiger partial charge in [0.25, 0.3) is 0 Å². The molecule has 100 valence electrons. The summed E-state index contributed by atoms with van der Waals surface area (Å²) in [6, 6.07) is 0. The number of carbonyl (C=O) groups excluding carboxylic acids is 1. The lowest BCUT2D eigenvalue weighted by atomic mass is 9.96. The molecule has 6 nitrogen and oxygen atoms in total. The first kappa shape index (κ1) is 14.4. The normalized spacial score (nSPS) is 26.1. The summed E-state index contributed by atoms with van der Waals surface area (Å²) in [5.41, 5.74) is 0. The third-order valence-electron chi connectivity index (χ3n) is 3.02. The maximum atomic E-state index is 12.0. The van der Waals surface area contributed by atoms with Crippen LogP contribution in [0.3, 0.4) is 0 Å². The first-order valence-corrected chi connectivity index (χ1v) is 7.27. The SMILES string of the molecule is COC[C@@H]1CN(S(C)(=O)=O)C[C@H]1C(=O)N(C)C. The number of nitrogens with zero attached hydrogens (tertiary/aromatic N) is 2. The fraction of sp³-hybridized carbons (Fsp3) is 0.900. The lowest BCUT2D eigenvalue weighted by Crippen LogP contribution is -2.35. The first-order chi connectivity index (χ1) is 7.77. The molecule has 1 fully saturated rings. The van der Waals surface area contributed by atoms with Gasteiger partial charge in [-0.2, -0.15) is 0 Å². The molecule has 0 aromatic heterocycles. The number of hydrogen-bond acceptors (Lipinski definition) is 4. The molecule has 0 saturated carbocycles. The summed E-state index contributed by atoms with van der Waals surface area (Å²) in [5, 5.41) is 0. The van der Waals surface area contributed by atoms with E-state index in [2.05, 4.69) is 0 Å². The van der Waals surface area contributed by atoms with Gasteiger partial charge in [0.1, 0.15) is 0 Å². The minimum atomic E-state index is -3.24. The summed E-state index contributed by atoms with van der Waals surface area (Å²) in [6.07, 6.45) is 1.17. The third kappa shape index (κ3) is 3.40. The Morgan fingerprint density at radius 2 is 2.00 bits per heavy atom. The summed E-state index contributed by atoms with van der Waals surface area (Å²) in [7, 11) is 1.67. The van der Waals surface area contributed by atoms with Crippen LogP contribution in [0.2, 0.25) is 0 Å². The van der Waals surface area contributed by atoms with Gasteiger partial charge in [0.2, 0.25) is 15.9 Å². The van der Waals surface area contributed by atoms with E-state index in [1.165, 1.54) is 15.5 Å². The third-order valence-corrected chi connectivity index (χ3v) is 4.25. The topological polar surface area (TPSA) is 66.9 Å². The van der Waals surface area contributed by atoms with E-state index in [0.29, 0.717) is 13.2 Å². The summed E-state index contributed by atoms with van der Waals surface area (Å²) < 4.78 is 29.4. The number of amides is 1. The molecule has 2 atom stereocenters. The molecule has 0 aliphatic carbocycles. The van der Waals surface area contributed by atoms with Crippen LogP contribution >= 0.6 is 0 Å². The molecule has 0 aromatic rings. The molecular weight excluding hydrogens is 244 g/mol. The zero-order valence-corrected chi connectivity index (χ0v) is 11.5. The van der Waals surface area contributed by atoms with Crippen LogP contribution < -0.4 is 0 Å². The van der Waals surface area contributed by atoms with Gasteiger partial charge in [-0.05, 0) is 0 Å². The quantitative estimate of drug-likeness (QED) is 0.668. The molecule has 7 heteroatoms. The second kappa shape index (κ2) is 5.32. The second-order valence-corrected chi connectivity index (χ2v) is 6.62. The number of methoxy groups -OCH3 is 1. The van der Waals surface area contributed by atoms with Crippen LogP contribution in [0.4, 0.5) is 0 Å². The molecule has 0 unspecified atom stereocenters. The number of ether oxygens (including phenoxy) is 1. The van der Waals surface area contributed by atoms with Gasteiger partial charge in [0.15, 0.2) is 0 Å². The molecule has 1 aliphatic rings. The maximum Gasteiger partial charge on any atom is 0.226 e. The van der Waals surface area contributed by atoms with Crippen LogP contribution in [0.15, 0.2) is 0 Å². The van der Waals surface area contributed by atoms with Crippen molar-refractivity contribution in [2.45, 2.75) is 0 Å². The Morgan fingerprint density at radius 1 is 1.41 bits per heavy atom. The second-order valence-electron chi connectivity index (χ2n) is 4.63. The van der Waals surface area contributed by atoms with E-state index in [0.717, 1.165) is 0 Å². The molecule has 0 radical (unpaired) electrons. The van der Waals surface area contributed by atoms with Crippen molar-refractivity contribution >= 4 is 15.9 Å². The van der Waals surface area contributed by atoms with Crippen LogP contribution in [0.5, 0.6) is 0 Å². The van der Waals surface area contributed by atoms with E-state index < -0.39 is 10.0 Å². The van der Waals surface area contributed by atoms with Crippen molar-refractivity contribution in [1.82, 2.24) is 9.21 Å². The average Bonchev–Trinajstić information content (AvgIpc) is 2.60. The molecule has 0 bridgehead atoms. The van der Waals surface area contributed by atoms with Gasteiger partial charge < -0.3 is 9.64 Å². The molecule has 0 N–H and O–H groups in total. The van der Waals surface area contributed by atoms with Crippen LogP contribution in [0.25, 0.3) is 0 Å².